The average molecular weight is 251 g/mol. The summed E-state index contributed by atoms with van der Waals surface area (Å²) < 4.78 is 3.03. The Kier molecular flexibility index (Phi) is 2.73. The van der Waals surface area contributed by atoms with Crippen molar-refractivity contribution in [1.82, 2.24) is 14.5 Å². The molecule has 16 heavy (non-hydrogen) atoms. The Morgan fingerprint density at radius 3 is 3.38 bits per heavy atom. The van der Waals surface area contributed by atoms with Gasteiger partial charge >= 0.3 is 0 Å². The van der Waals surface area contributed by atoms with E-state index >= 15 is 0 Å². The minimum Gasteiger partial charge on any atom is -0.329 e. The smallest absolute Gasteiger partial charge is 0.178 e. The normalized spacial score (nSPS) is 20.6. The van der Waals surface area contributed by atoms with Crippen LogP contribution in [0.3, 0.4) is 0 Å². The van der Waals surface area contributed by atoms with Crippen LogP contribution < -0.4 is 0 Å². The van der Waals surface area contributed by atoms with Crippen LogP contribution in [-0.4, -0.2) is 26.0 Å². The Labute approximate surface area is 103 Å². The molecule has 2 aromatic rings. The van der Waals surface area contributed by atoms with E-state index in [4.69, 9.17) is 12.2 Å². The molecule has 1 aliphatic rings. The summed E-state index contributed by atoms with van der Waals surface area (Å²) in [5, 5.41) is 0. The molecule has 1 unspecified atom stereocenters. The number of pyridine rings is 1. The van der Waals surface area contributed by atoms with Crippen LogP contribution in [0.5, 0.6) is 0 Å². The van der Waals surface area contributed by atoms with Crippen molar-refractivity contribution in [3.8, 4) is 0 Å². The Morgan fingerprint density at radius 1 is 1.62 bits per heavy atom. The number of nitrogens with one attached hydrogen (secondary N) is 1. The highest BCUT2D eigenvalue weighted by Gasteiger charge is 2.17. The van der Waals surface area contributed by atoms with Crippen molar-refractivity contribution < 1.29 is 0 Å². The van der Waals surface area contributed by atoms with E-state index in [0.29, 0.717) is 0 Å². The maximum Gasteiger partial charge on any atom is 0.178 e. The molecule has 0 aromatic carbocycles. The fourth-order valence-corrected chi connectivity index (χ4v) is 3.73. The molecule has 1 aliphatic heterocycles. The van der Waals surface area contributed by atoms with Gasteiger partial charge in [-0.05, 0) is 42.1 Å². The van der Waals surface area contributed by atoms with Gasteiger partial charge in [-0.25, -0.2) is 0 Å². The van der Waals surface area contributed by atoms with E-state index in [1.165, 1.54) is 23.4 Å². The number of H-pyrrole nitrogens is 1. The molecule has 3 heterocycles. The summed E-state index contributed by atoms with van der Waals surface area (Å²) in [7, 11) is 0. The first-order valence-electron chi connectivity index (χ1n) is 5.45. The predicted octanol–water partition coefficient (Wildman–Crippen LogP) is 2.85. The fraction of sp³-hybridized carbons (Fsp3) is 0.455. The molecule has 0 amide bonds. The van der Waals surface area contributed by atoms with Gasteiger partial charge < -0.3 is 9.55 Å². The second kappa shape index (κ2) is 4.22. The quantitative estimate of drug-likeness (QED) is 0.833. The summed E-state index contributed by atoms with van der Waals surface area (Å²) >= 11 is 7.41. The van der Waals surface area contributed by atoms with Crippen LogP contribution in [0.25, 0.3) is 11.0 Å². The van der Waals surface area contributed by atoms with E-state index in [-0.39, 0.29) is 0 Å². The molecule has 84 valence electrons. The van der Waals surface area contributed by atoms with Crippen LogP contribution >= 0.6 is 24.0 Å². The summed E-state index contributed by atoms with van der Waals surface area (Å²) in [5.74, 6) is 3.32. The SMILES string of the molecule is S=c1[nH]c2cnccc2n1CC1CCSC1. The molecule has 0 aliphatic carbocycles. The van der Waals surface area contributed by atoms with Gasteiger partial charge in [0.2, 0.25) is 0 Å². The zero-order valence-electron chi connectivity index (χ0n) is 8.85. The molecule has 0 radical (unpaired) electrons. The third-order valence-electron chi connectivity index (χ3n) is 3.04. The van der Waals surface area contributed by atoms with Crippen molar-refractivity contribution in [1.29, 1.82) is 0 Å². The molecule has 0 saturated carbocycles. The first-order valence-corrected chi connectivity index (χ1v) is 7.01. The van der Waals surface area contributed by atoms with Gasteiger partial charge in [0.25, 0.3) is 0 Å². The third kappa shape index (κ3) is 1.78. The summed E-state index contributed by atoms with van der Waals surface area (Å²) in [6.07, 6.45) is 4.97. The molecule has 1 atom stereocenters. The van der Waals surface area contributed by atoms with Crippen LogP contribution in [-0.2, 0) is 6.54 Å². The van der Waals surface area contributed by atoms with Gasteiger partial charge in [-0.2, -0.15) is 11.8 Å². The van der Waals surface area contributed by atoms with Crippen LogP contribution in [0.15, 0.2) is 18.5 Å². The molecule has 0 spiro atoms. The van der Waals surface area contributed by atoms with E-state index < -0.39 is 0 Å². The van der Waals surface area contributed by atoms with Crippen molar-refractivity contribution in [3.05, 3.63) is 23.2 Å². The number of hydrogen-bond donors (Lipinski definition) is 1. The molecular formula is C11H13N3S2. The second-order valence-corrected chi connectivity index (χ2v) is 5.70. The number of imidazole rings is 1. The van der Waals surface area contributed by atoms with Crippen LogP contribution in [0.1, 0.15) is 6.42 Å². The minimum absolute atomic E-state index is 0.767. The topological polar surface area (TPSA) is 33.6 Å². The number of hydrogen-bond acceptors (Lipinski definition) is 3. The maximum absolute atomic E-state index is 5.36. The number of aromatic nitrogens is 3. The lowest BCUT2D eigenvalue weighted by Crippen LogP contribution is -2.09. The Morgan fingerprint density at radius 2 is 2.56 bits per heavy atom. The lowest BCUT2D eigenvalue weighted by Gasteiger charge is -2.09. The molecule has 0 bridgehead atoms. The lowest BCUT2D eigenvalue weighted by atomic mass is 10.1. The number of nitrogens with zero attached hydrogens (tertiary/aromatic N) is 2. The first kappa shape index (κ1) is 10.4. The summed E-state index contributed by atoms with van der Waals surface area (Å²) in [5.41, 5.74) is 2.22. The number of aromatic amines is 1. The van der Waals surface area contributed by atoms with Gasteiger partial charge in [-0.15, -0.1) is 0 Å². The van der Waals surface area contributed by atoms with Crippen molar-refractivity contribution >= 4 is 35.0 Å². The van der Waals surface area contributed by atoms with Crippen molar-refractivity contribution in [2.75, 3.05) is 11.5 Å². The van der Waals surface area contributed by atoms with Gasteiger partial charge in [0, 0.05) is 12.7 Å². The number of thioether (sulfide) groups is 1. The Balaban J connectivity index is 2.01. The summed E-state index contributed by atoms with van der Waals surface area (Å²) in [6, 6.07) is 2.03. The van der Waals surface area contributed by atoms with Gasteiger partial charge in [-0.3, -0.25) is 4.98 Å². The van der Waals surface area contributed by atoms with Gasteiger partial charge in [0.05, 0.1) is 17.2 Å². The molecule has 1 saturated heterocycles. The fourth-order valence-electron chi connectivity index (χ4n) is 2.18. The van der Waals surface area contributed by atoms with Gasteiger partial charge in [0.15, 0.2) is 4.77 Å². The molecule has 1 fully saturated rings. The van der Waals surface area contributed by atoms with E-state index in [1.54, 1.807) is 0 Å². The molecule has 5 heteroatoms. The van der Waals surface area contributed by atoms with E-state index in [9.17, 15) is 0 Å². The molecular weight excluding hydrogens is 238 g/mol. The van der Waals surface area contributed by atoms with E-state index in [2.05, 4.69) is 14.5 Å². The third-order valence-corrected chi connectivity index (χ3v) is 4.59. The van der Waals surface area contributed by atoms with Crippen LogP contribution in [0.2, 0.25) is 0 Å². The average Bonchev–Trinajstić information content (AvgIpc) is 2.89. The number of fused-ring (bicyclic) bond motifs is 1. The Hall–Kier alpha value is -0.810. The highest BCUT2D eigenvalue weighted by molar-refractivity contribution is 7.99. The van der Waals surface area contributed by atoms with Crippen molar-refractivity contribution in [3.63, 3.8) is 0 Å². The molecule has 3 nitrogen and oxygen atoms in total. The second-order valence-electron chi connectivity index (χ2n) is 4.16. The standard InChI is InChI=1S/C11H13N3S2/c15-11-13-9-5-12-3-1-10(9)14(11)6-8-2-4-16-7-8/h1,3,5,8H,2,4,6-7H2,(H,13,15). The minimum atomic E-state index is 0.767. The first-order chi connectivity index (χ1) is 7.84. The van der Waals surface area contributed by atoms with Crippen molar-refractivity contribution in [2.45, 2.75) is 13.0 Å². The maximum atomic E-state index is 5.36. The molecule has 1 N–H and O–H groups in total. The Bertz CT molecular complexity index is 552. The van der Waals surface area contributed by atoms with Gasteiger partial charge in [0.1, 0.15) is 0 Å². The monoisotopic (exact) mass is 251 g/mol. The summed E-state index contributed by atoms with van der Waals surface area (Å²) in [6.45, 7) is 1.04. The largest absolute Gasteiger partial charge is 0.329 e. The highest BCUT2D eigenvalue weighted by atomic mass is 32.2. The zero-order chi connectivity index (χ0) is 11.0. The van der Waals surface area contributed by atoms with Crippen LogP contribution in [0.4, 0.5) is 0 Å². The van der Waals surface area contributed by atoms with Gasteiger partial charge in [-0.1, -0.05) is 0 Å². The summed E-state index contributed by atoms with van der Waals surface area (Å²) in [4.78, 5) is 7.31. The molecule has 3 rings (SSSR count). The zero-order valence-corrected chi connectivity index (χ0v) is 10.5. The highest BCUT2D eigenvalue weighted by Crippen LogP contribution is 2.26. The predicted molar refractivity (Wildman–Crippen MR) is 70.3 cm³/mol. The van der Waals surface area contributed by atoms with E-state index in [0.717, 1.165) is 22.8 Å². The van der Waals surface area contributed by atoms with Crippen LogP contribution in [0, 0.1) is 10.7 Å². The van der Waals surface area contributed by atoms with Crippen molar-refractivity contribution in [2.24, 2.45) is 5.92 Å². The van der Waals surface area contributed by atoms with E-state index in [1.807, 2.05) is 30.2 Å². The number of rotatable bonds is 2. The molecule has 2 aromatic heterocycles. The lowest BCUT2D eigenvalue weighted by molar-refractivity contribution is 0.497.